The maximum atomic E-state index is 11.5. The number of benzene rings is 1. The zero-order valence-electron chi connectivity index (χ0n) is 11.9. The summed E-state index contributed by atoms with van der Waals surface area (Å²) in [6.07, 6.45) is 1.77. The number of nitrogens with one attached hydrogen (secondary N) is 1. The maximum absolute atomic E-state index is 11.5. The zero-order chi connectivity index (χ0) is 14.4. The minimum Gasteiger partial charge on any atom is -0.492 e. The van der Waals surface area contributed by atoms with Crippen LogP contribution in [0.2, 0.25) is 0 Å². The summed E-state index contributed by atoms with van der Waals surface area (Å²) in [5.74, 6) is 0.820. The van der Waals surface area contributed by atoms with Crippen LogP contribution in [-0.4, -0.2) is 18.2 Å². The number of rotatable bonds is 6. The monoisotopic (exact) mass is 272 g/mol. The van der Waals surface area contributed by atoms with Gasteiger partial charge in [0.25, 0.3) is 5.56 Å². The Bertz CT molecular complexity index is 590. The molecule has 4 nitrogen and oxygen atoms in total. The molecule has 0 saturated carbocycles. The van der Waals surface area contributed by atoms with Crippen LogP contribution in [0.25, 0.3) is 0 Å². The van der Waals surface area contributed by atoms with Crippen molar-refractivity contribution in [3.05, 3.63) is 64.6 Å². The van der Waals surface area contributed by atoms with E-state index in [0.717, 1.165) is 5.75 Å². The lowest BCUT2D eigenvalue weighted by Gasteiger charge is -2.12. The molecule has 2 rings (SSSR count). The van der Waals surface area contributed by atoms with E-state index in [1.54, 1.807) is 22.9 Å². The van der Waals surface area contributed by atoms with Crippen LogP contribution in [0.15, 0.2) is 53.5 Å². The fraction of sp³-hybridized carbons (Fsp3) is 0.312. The molecule has 0 fully saturated rings. The van der Waals surface area contributed by atoms with Crippen LogP contribution in [0.3, 0.4) is 0 Å². The first-order valence-electron chi connectivity index (χ1n) is 6.76. The highest BCUT2D eigenvalue weighted by Crippen LogP contribution is 2.17. The van der Waals surface area contributed by atoms with E-state index in [1.807, 2.05) is 37.4 Å². The highest BCUT2D eigenvalue weighted by Gasteiger charge is 2.02. The van der Waals surface area contributed by atoms with Crippen molar-refractivity contribution in [1.82, 2.24) is 9.88 Å². The lowest BCUT2D eigenvalue weighted by Crippen LogP contribution is -2.21. The molecule has 0 aliphatic carbocycles. The van der Waals surface area contributed by atoms with Gasteiger partial charge < -0.3 is 14.6 Å². The van der Waals surface area contributed by atoms with Crippen molar-refractivity contribution < 1.29 is 4.74 Å². The maximum Gasteiger partial charge on any atom is 0.250 e. The van der Waals surface area contributed by atoms with Gasteiger partial charge >= 0.3 is 0 Å². The SMILES string of the molecule is CNC(C)c1ccc(OCCn2ccccc2=O)cc1. The second-order valence-corrected chi connectivity index (χ2v) is 4.66. The van der Waals surface area contributed by atoms with Crippen LogP contribution in [0.5, 0.6) is 5.75 Å². The van der Waals surface area contributed by atoms with Gasteiger partial charge in [-0.25, -0.2) is 0 Å². The third-order valence-corrected chi connectivity index (χ3v) is 3.31. The van der Waals surface area contributed by atoms with Crippen molar-refractivity contribution in [2.45, 2.75) is 19.5 Å². The van der Waals surface area contributed by atoms with E-state index in [-0.39, 0.29) is 5.56 Å². The van der Waals surface area contributed by atoms with Gasteiger partial charge in [0, 0.05) is 18.3 Å². The molecule has 0 aliphatic heterocycles. The van der Waals surface area contributed by atoms with Gasteiger partial charge in [0.05, 0.1) is 6.54 Å². The summed E-state index contributed by atoms with van der Waals surface area (Å²) >= 11 is 0. The summed E-state index contributed by atoms with van der Waals surface area (Å²) in [7, 11) is 1.94. The van der Waals surface area contributed by atoms with E-state index in [2.05, 4.69) is 12.2 Å². The van der Waals surface area contributed by atoms with Gasteiger partial charge in [-0.05, 0) is 37.7 Å². The summed E-state index contributed by atoms with van der Waals surface area (Å²) in [5, 5.41) is 3.19. The van der Waals surface area contributed by atoms with Crippen LogP contribution in [0, 0.1) is 0 Å². The lowest BCUT2D eigenvalue weighted by molar-refractivity contribution is 0.296. The minimum atomic E-state index is -0.00528. The van der Waals surface area contributed by atoms with Gasteiger partial charge in [-0.2, -0.15) is 0 Å². The van der Waals surface area contributed by atoms with Crippen LogP contribution in [-0.2, 0) is 6.54 Å². The first-order chi connectivity index (χ1) is 9.70. The number of pyridine rings is 1. The van der Waals surface area contributed by atoms with Crippen LogP contribution >= 0.6 is 0 Å². The van der Waals surface area contributed by atoms with E-state index < -0.39 is 0 Å². The molecular formula is C16H20N2O2. The molecule has 1 aromatic carbocycles. The number of nitrogens with zero attached hydrogens (tertiary/aromatic N) is 1. The zero-order valence-corrected chi connectivity index (χ0v) is 11.9. The highest BCUT2D eigenvalue weighted by atomic mass is 16.5. The molecule has 1 heterocycles. The van der Waals surface area contributed by atoms with Crippen molar-refractivity contribution in [2.24, 2.45) is 0 Å². The quantitative estimate of drug-likeness (QED) is 0.876. The Morgan fingerprint density at radius 1 is 1.20 bits per heavy atom. The summed E-state index contributed by atoms with van der Waals surface area (Å²) < 4.78 is 7.29. The molecule has 1 unspecified atom stereocenters. The summed E-state index contributed by atoms with van der Waals surface area (Å²) in [5.41, 5.74) is 1.22. The van der Waals surface area contributed by atoms with Crippen molar-refractivity contribution in [3.8, 4) is 5.75 Å². The van der Waals surface area contributed by atoms with Crippen molar-refractivity contribution >= 4 is 0 Å². The third-order valence-electron chi connectivity index (χ3n) is 3.31. The molecule has 20 heavy (non-hydrogen) atoms. The Kier molecular flexibility index (Phi) is 4.96. The molecular weight excluding hydrogens is 252 g/mol. The predicted molar refractivity (Wildman–Crippen MR) is 80.1 cm³/mol. The largest absolute Gasteiger partial charge is 0.492 e. The van der Waals surface area contributed by atoms with Crippen LogP contribution in [0.4, 0.5) is 0 Å². The van der Waals surface area contributed by atoms with Gasteiger partial charge in [0.15, 0.2) is 0 Å². The number of hydrogen-bond acceptors (Lipinski definition) is 3. The van der Waals surface area contributed by atoms with Gasteiger partial charge in [-0.1, -0.05) is 18.2 Å². The molecule has 0 spiro atoms. The molecule has 0 aliphatic rings. The Morgan fingerprint density at radius 3 is 2.60 bits per heavy atom. The first-order valence-corrected chi connectivity index (χ1v) is 6.76. The summed E-state index contributed by atoms with van der Waals surface area (Å²) in [4.78, 5) is 11.5. The van der Waals surface area contributed by atoms with E-state index in [9.17, 15) is 4.79 Å². The van der Waals surface area contributed by atoms with E-state index >= 15 is 0 Å². The molecule has 0 amide bonds. The lowest BCUT2D eigenvalue weighted by atomic mass is 10.1. The fourth-order valence-corrected chi connectivity index (χ4v) is 1.93. The van der Waals surface area contributed by atoms with E-state index in [0.29, 0.717) is 19.2 Å². The van der Waals surface area contributed by atoms with E-state index in [4.69, 9.17) is 4.74 Å². The smallest absolute Gasteiger partial charge is 0.250 e. The van der Waals surface area contributed by atoms with Gasteiger partial charge in [-0.3, -0.25) is 4.79 Å². The molecule has 1 aromatic heterocycles. The molecule has 0 bridgehead atoms. The summed E-state index contributed by atoms with van der Waals surface area (Å²) in [6.45, 7) is 3.14. The minimum absolute atomic E-state index is 0.00528. The second-order valence-electron chi connectivity index (χ2n) is 4.66. The Labute approximate surface area is 119 Å². The molecule has 106 valence electrons. The molecule has 2 aromatic rings. The molecule has 1 atom stereocenters. The molecule has 4 heteroatoms. The molecule has 0 saturated heterocycles. The fourth-order valence-electron chi connectivity index (χ4n) is 1.93. The normalized spacial score (nSPS) is 12.1. The van der Waals surface area contributed by atoms with Gasteiger partial charge in [0.1, 0.15) is 12.4 Å². The Balaban J connectivity index is 1.88. The first kappa shape index (κ1) is 14.3. The topological polar surface area (TPSA) is 43.3 Å². The highest BCUT2D eigenvalue weighted by molar-refractivity contribution is 5.28. The summed E-state index contributed by atoms with van der Waals surface area (Å²) in [6, 6.07) is 13.5. The number of aromatic nitrogens is 1. The van der Waals surface area contributed by atoms with E-state index in [1.165, 1.54) is 5.56 Å². The van der Waals surface area contributed by atoms with Crippen molar-refractivity contribution in [2.75, 3.05) is 13.7 Å². The Morgan fingerprint density at radius 2 is 1.95 bits per heavy atom. The Hall–Kier alpha value is -2.07. The third kappa shape index (κ3) is 3.71. The van der Waals surface area contributed by atoms with Crippen molar-refractivity contribution in [3.63, 3.8) is 0 Å². The van der Waals surface area contributed by atoms with Gasteiger partial charge in [0.2, 0.25) is 0 Å². The van der Waals surface area contributed by atoms with Crippen LogP contribution in [0.1, 0.15) is 18.5 Å². The van der Waals surface area contributed by atoms with Crippen molar-refractivity contribution in [1.29, 1.82) is 0 Å². The number of ether oxygens (including phenoxy) is 1. The average Bonchev–Trinajstić information content (AvgIpc) is 2.49. The molecule has 1 N–H and O–H groups in total. The van der Waals surface area contributed by atoms with Crippen LogP contribution < -0.4 is 15.6 Å². The average molecular weight is 272 g/mol. The number of hydrogen-bond donors (Lipinski definition) is 1. The molecule has 0 radical (unpaired) electrons. The predicted octanol–water partition coefficient (Wildman–Crippen LogP) is 2.21. The van der Waals surface area contributed by atoms with Gasteiger partial charge in [-0.15, -0.1) is 0 Å². The standard InChI is InChI=1S/C16H20N2O2/c1-13(17-2)14-6-8-15(9-7-14)20-12-11-18-10-4-3-5-16(18)19/h3-10,13,17H,11-12H2,1-2H3. The second kappa shape index (κ2) is 6.91.